The first-order chi connectivity index (χ1) is 36.1. The summed E-state index contributed by atoms with van der Waals surface area (Å²) in [4.78, 5) is 24.6. The van der Waals surface area contributed by atoms with Gasteiger partial charge in [0.1, 0.15) is 6.61 Å². The molecule has 0 aliphatic rings. The summed E-state index contributed by atoms with van der Waals surface area (Å²) in [6.45, 7) is 4.22. The van der Waals surface area contributed by atoms with Crippen LogP contribution in [0.1, 0.15) is 406 Å². The zero-order valence-corrected chi connectivity index (χ0v) is 50.2. The Morgan fingerprint density at radius 2 is 0.425 bits per heavy atom. The molecule has 1 atom stereocenters. The molecule has 1 unspecified atom stereocenters. The van der Waals surface area contributed by atoms with Crippen molar-refractivity contribution < 1.29 is 24.2 Å². The van der Waals surface area contributed by atoms with Gasteiger partial charge < -0.3 is 14.6 Å². The Morgan fingerprint density at radius 1 is 0.260 bits per heavy atom. The second-order valence-electron chi connectivity index (χ2n) is 23.6. The molecular formula is C68H134O5. The van der Waals surface area contributed by atoms with E-state index in [1.807, 2.05) is 0 Å². The van der Waals surface area contributed by atoms with Gasteiger partial charge in [-0.1, -0.05) is 380 Å². The Hall–Kier alpha value is -1.10. The van der Waals surface area contributed by atoms with Gasteiger partial charge in [-0.3, -0.25) is 9.59 Å². The molecular weight excluding hydrogens is 897 g/mol. The van der Waals surface area contributed by atoms with Gasteiger partial charge in [0.25, 0.3) is 0 Å². The number of carbonyl (C=O) groups is 2. The lowest BCUT2D eigenvalue weighted by molar-refractivity contribution is -0.161. The van der Waals surface area contributed by atoms with Gasteiger partial charge in [-0.25, -0.2) is 0 Å². The van der Waals surface area contributed by atoms with Gasteiger partial charge in [0.15, 0.2) is 6.10 Å². The van der Waals surface area contributed by atoms with E-state index in [4.69, 9.17) is 9.47 Å². The molecule has 5 nitrogen and oxygen atoms in total. The molecule has 0 bridgehead atoms. The van der Waals surface area contributed by atoms with Gasteiger partial charge in [0.05, 0.1) is 6.61 Å². The van der Waals surface area contributed by atoms with Crippen LogP contribution in [0.5, 0.6) is 0 Å². The highest BCUT2D eigenvalue weighted by Gasteiger charge is 2.16. The second-order valence-corrected chi connectivity index (χ2v) is 23.6. The second kappa shape index (κ2) is 65.2. The predicted octanol–water partition coefficient (Wildman–Crippen LogP) is 23.3. The fraction of sp³-hybridized carbons (Fsp3) is 0.971. The summed E-state index contributed by atoms with van der Waals surface area (Å²) in [7, 11) is 0. The third kappa shape index (κ3) is 63.3. The number of ether oxygens (including phenoxy) is 2. The first-order valence-electron chi connectivity index (χ1n) is 34.1. The van der Waals surface area contributed by atoms with Gasteiger partial charge in [-0.2, -0.15) is 0 Å². The Labute approximate surface area is 459 Å². The van der Waals surface area contributed by atoms with Crippen molar-refractivity contribution in [3.63, 3.8) is 0 Å². The molecule has 0 aliphatic carbocycles. The smallest absolute Gasteiger partial charge is 0.306 e. The highest BCUT2D eigenvalue weighted by molar-refractivity contribution is 5.70. The minimum atomic E-state index is -0.765. The molecule has 0 saturated carbocycles. The fourth-order valence-corrected chi connectivity index (χ4v) is 11.0. The molecule has 0 amide bonds. The molecule has 0 aromatic carbocycles. The highest BCUT2D eigenvalue weighted by atomic mass is 16.6. The SMILES string of the molecule is CCCCCCCCCCCCCCCCCCCCCCCCCCCCCCCCCCCCCCCC(=O)OC(CO)COC(=O)CCCCCCCCCCCCCCCCCCCCCCCC. The number of aliphatic hydroxyl groups excluding tert-OH is 1. The molecule has 0 radical (unpaired) electrons. The van der Waals surface area contributed by atoms with Crippen molar-refractivity contribution in [2.75, 3.05) is 13.2 Å². The van der Waals surface area contributed by atoms with Crippen molar-refractivity contribution in [2.24, 2.45) is 0 Å². The van der Waals surface area contributed by atoms with Gasteiger partial charge in [-0.05, 0) is 12.8 Å². The van der Waals surface area contributed by atoms with Gasteiger partial charge in [-0.15, -0.1) is 0 Å². The lowest BCUT2D eigenvalue weighted by atomic mass is 10.0. The lowest BCUT2D eigenvalue weighted by Crippen LogP contribution is -2.28. The van der Waals surface area contributed by atoms with Crippen LogP contribution >= 0.6 is 0 Å². The van der Waals surface area contributed by atoms with Crippen molar-refractivity contribution in [1.82, 2.24) is 0 Å². The van der Waals surface area contributed by atoms with Crippen molar-refractivity contribution in [3.05, 3.63) is 0 Å². The van der Waals surface area contributed by atoms with Crippen LogP contribution < -0.4 is 0 Å². The van der Waals surface area contributed by atoms with Crippen LogP contribution in [0.4, 0.5) is 0 Å². The summed E-state index contributed by atoms with van der Waals surface area (Å²) in [6.07, 6.45) is 81.5. The van der Waals surface area contributed by atoms with Crippen molar-refractivity contribution in [3.8, 4) is 0 Å². The zero-order chi connectivity index (χ0) is 52.7. The normalized spacial score (nSPS) is 12.0. The third-order valence-electron chi connectivity index (χ3n) is 16.2. The van der Waals surface area contributed by atoms with Crippen LogP contribution in [-0.4, -0.2) is 36.4 Å². The molecule has 5 heteroatoms. The van der Waals surface area contributed by atoms with E-state index >= 15 is 0 Å². The Morgan fingerprint density at radius 3 is 0.603 bits per heavy atom. The van der Waals surface area contributed by atoms with Gasteiger partial charge in [0.2, 0.25) is 0 Å². The molecule has 0 rings (SSSR count). The van der Waals surface area contributed by atoms with Crippen LogP contribution in [0, 0.1) is 0 Å². The average molecular weight is 1030 g/mol. The van der Waals surface area contributed by atoms with Gasteiger partial charge in [0, 0.05) is 12.8 Å². The fourth-order valence-electron chi connectivity index (χ4n) is 11.0. The Bertz CT molecular complexity index is 1030. The van der Waals surface area contributed by atoms with E-state index < -0.39 is 6.10 Å². The van der Waals surface area contributed by atoms with Crippen LogP contribution in [0.2, 0.25) is 0 Å². The molecule has 0 fully saturated rings. The molecule has 0 aromatic rings. The lowest BCUT2D eigenvalue weighted by Gasteiger charge is -2.15. The maximum atomic E-state index is 12.3. The summed E-state index contributed by atoms with van der Waals surface area (Å²) in [6, 6.07) is 0. The maximum Gasteiger partial charge on any atom is 0.306 e. The molecule has 436 valence electrons. The largest absolute Gasteiger partial charge is 0.462 e. The molecule has 0 aliphatic heterocycles. The van der Waals surface area contributed by atoms with Crippen molar-refractivity contribution in [1.29, 1.82) is 0 Å². The standard InChI is InChI=1S/C68H134O5/c1-3-5-7-9-11-13-15-17-19-21-23-25-27-28-29-30-31-32-33-34-35-36-37-38-39-40-41-43-45-47-49-51-53-55-57-59-61-63-68(71)73-66(64-69)65-72-67(70)62-60-58-56-54-52-50-48-46-44-42-26-24-22-20-18-16-14-12-10-8-6-4-2/h66,69H,3-65H2,1-2H3. The van der Waals surface area contributed by atoms with E-state index in [2.05, 4.69) is 13.8 Å². The number of hydrogen-bond acceptors (Lipinski definition) is 5. The third-order valence-corrected chi connectivity index (χ3v) is 16.2. The molecule has 0 aromatic heterocycles. The summed E-state index contributed by atoms with van der Waals surface area (Å²) < 4.78 is 10.8. The number of esters is 2. The number of aliphatic hydroxyl groups is 1. The van der Waals surface area contributed by atoms with E-state index in [0.29, 0.717) is 12.8 Å². The predicted molar refractivity (Wildman–Crippen MR) is 321 cm³/mol. The van der Waals surface area contributed by atoms with Crippen LogP contribution in [0.15, 0.2) is 0 Å². The van der Waals surface area contributed by atoms with Gasteiger partial charge >= 0.3 is 11.9 Å². The van der Waals surface area contributed by atoms with Crippen molar-refractivity contribution in [2.45, 2.75) is 412 Å². The van der Waals surface area contributed by atoms with Crippen molar-refractivity contribution >= 4 is 11.9 Å². The number of unbranched alkanes of at least 4 members (excludes halogenated alkanes) is 57. The first kappa shape index (κ1) is 71.9. The minimum absolute atomic E-state index is 0.0554. The number of hydrogen-bond donors (Lipinski definition) is 1. The van der Waals surface area contributed by atoms with E-state index in [9.17, 15) is 14.7 Å². The summed E-state index contributed by atoms with van der Waals surface area (Å²) in [5, 5.41) is 9.68. The van der Waals surface area contributed by atoms with Crippen LogP contribution in [0.25, 0.3) is 0 Å². The quantitative estimate of drug-likeness (QED) is 0.0485. The van der Waals surface area contributed by atoms with E-state index in [1.165, 1.54) is 347 Å². The van der Waals surface area contributed by atoms with E-state index in [0.717, 1.165) is 32.1 Å². The summed E-state index contributed by atoms with van der Waals surface area (Å²) in [5.74, 6) is -0.560. The Kier molecular flexibility index (Phi) is 64.2. The summed E-state index contributed by atoms with van der Waals surface area (Å²) >= 11 is 0. The molecule has 1 N–H and O–H groups in total. The topological polar surface area (TPSA) is 72.8 Å². The number of rotatable bonds is 65. The molecule has 0 saturated heterocycles. The van der Waals surface area contributed by atoms with E-state index in [-0.39, 0.29) is 25.2 Å². The minimum Gasteiger partial charge on any atom is -0.462 e. The first-order valence-corrected chi connectivity index (χ1v) is 34.1. The highest BCUT2D eigenvalue weighted by Crippen LogP contribution is 2.20. The van der Waals surface area contributed by atoms with E-state index in [1.54, 1.807) is 0 Å². The molecule has 73 heavy (non-hydrogen) atoms. The molecule has 0 spiro atoms. The monoisotopic (exact) mass is 1030 g/mol. The maximum absolute atomic E-state index is 12.3. The molecule has 0 heterocycles. The number of carbonyl (C=O) groups excluding carboxylic acids is 2. The summed E-state index contributed by atoms with van der Waals surface area (Å²) in [5.41, 5.74) is 0. The average Bonchev–Trinajstić information content (AvgIpc) is 3.39. The van der Waals surface area contributed by atoms with Crippen LogP contribution in [-0.2, 0) is 19.1 Å². The van der Waals surface area contributed by atoms with Crippen LogP contribution in [0.3, 0.4) is 0 Å². The zero-order valence-electron chi connectivity index (χ0n) is 50.2. The Balaban J connectivity index is 3.34.